The molecule has 0 atom stereocenters. The van der Waals surface area contributed by atoms with Crippen molar-refractivity contribution in [1.82, 2.24) is 29.3 Å². The average Bonchev–Trinajstić information content (AvgIpc) is 3.40. The summed E-state index contributed by atoms with van der Waals surface area (Å²) in [5.41, 5.74) is 0.581. The largest absolute Gasteiger partial charge is 0.339 e. The monoisotopic (exact) mass is 447 g/mol. The molecule has 0 N–H and O–H groups in total. The van der Waals surface area contributed by atoms with Crippen LogP contribution in [0.4, 0.5) is 5.82 Å². The van der Waals surface area contributed by atoms with Crippen LogP contribution in [-0.2, 0) is 32.2 Å². The van der Waals surface area contributed by atoms with Crippen molar-refractivity contribution in [3.63, 3.8) is 0 Å². The Bertz CT molecular complexity index is 1100. The number of nitrogens with zero attached hydrogens (tertiary/aromatic N) is 7. The summed E-state index contributed by atoms with van der Waals surface area (Å²) in [6.45, 7) is 4.89. The zero-order valence-corrected chi connectivity index (χ0v) is 17.6. The van der Waals surface area contributed by atoms with E-state index in [2.05, 4.69) is 48.2 Å². The number of fused-ring (bicyclic) bond motifs is 2. The van der Waals surface area contributed by atoms with Gasteiger partial charge >= 0.3 is 0 Å². The molecule has 9 nitrogen and oxygen atoms in total. The van der Waals surface area contributed by atoms with Crippen LogP contribution >= 0.6 is 15.9 Å². The number of hydrogen-bond donors (Lipinski definition) is 0. The van der Waals surface area contributed by atoms with Gasteiger partial charge < -0.3 is 4.52 Å². The minimum Gasteiger partial charge on any atom is -0.339 e. The van der Waals surface area contributed by atoms with Crippen LogP contribution in [-0.4, -0.2) is 33.9 Å². The van der Waals surface area contributed by atoms with Crippen LogP contribution in [0.3, 0.4) is 0 Å². The first kappa shape index (κ1) is 19.0. The Morgan fingerprint density at radius 3 is 2.79 bits per heavy atom. The predicted molar refractivity (Wildman–Crippen MR) is 108 cm³/mol. The second-order valence-electron chi connectivity index (χ2n) is 6.84. The Morgan fingerprint density at radius 2 is 2.04 bits per heavy atom. The number of hydrogen-bond acceptors (Lipinski definition) is 7. The summed E-state index contributed by atoms with van der Waals surface area (Å²) < 4.78 is 9.64. The van der Waals surface area contributed by atoms with Crippen molar-refractivity contribution in [3.8, 4) is 0 Å². The Morgan fingerprint density at radius 1 is 1.18 bits per heavy atom. The van der Waals surface area contributed by atoms with Crippen LogP contribution in [0.25, 0.3) is 5.78 Å². The molecule has 0 bridgehead atoms. The highest BCUT2D eigenvalue weighted by Crippen LogP contribution is 2.28. The van der Waals surface area contributed by atoms with Crippen LogP contribution in [0.5, 0.6) is 0 Å². The molecule has 0 amide bonds. The van der Waals surface area contributed by atoms with E-state index >= 15 is 0 Å². The van der Waals surface area contributed by atoms with Crippen molar-refractivity contribution in [2.45, 2.75) is 65.3 Å². The van der Waals surface area contributed by atoms with Crippen molar-refractivity contribution in [1.29, 1.82) is 0 Å². The molecule has 0 spiro atoms. The fourth-order valence-electron chi connectivity index (χ4n) is 3.40. The Labute approximate surface area is 170 Å². The summed E-state index contributed by atoms with van der Waals surface area (Å²) in [4.78, 5) is 22.0. The van der Waals surface area contributed by atoms with E-state index in [4.69, 9.17) is 4.52 Å². The van der Waals surface area contributed by atoms with E-state index in [0.29, 0.717) is 54.0 Å². The number of aliphatic imine (C=N–C) groups is 1. The van der Waals surface area contributed by atoms with Crippen molar-refractivity contribution in [2.24, 2.45) is 4.99 Å². The van der Waals surface area contributed by atoms with Gasteiger partial charge in [0.15, 0.2) is 5.82 Å². The first-order chi connectivity index (χ1) is 13.6. The van der Waals surface area contributed by atoms with Crippen molar-refractivity contribution >= 4 is 32.1 Å². The zero-order valence-electron chi connectivity index (χ0n) is 16.0. The fraction of sp³-hybridized carbons (Fsp3) is 0.556. The number of rotatable bonds is 8. The molecule has 4 rings (SSSR count). The maximum absolute atomic E-state index is 13.1. The minimum atomic E-state index is -0.102. The standard InChI is InChI=1S/C18H22BrN7O2/c1-3-5-6-9-25-16-11(10-12(19)20-16)17(27)26-14(22-23-18(25)26)7-8-15-21-13(4-2)24-28-15/h3-10H2,1-2H3. The summed E-state index contributed by atoms with van der Waals surface area (Å²) in [5, 5.41) is 12.5. The van der Waals surface area contributed by atoms with Gasteiger partial charge in [-0.15, -0.1) is 10.2 Å². The molecule has 3 aromatic rings. The van der Waals surface area contributed by atoms with Gasteiger partial charge in [0, 0.05) is 32.2 Å². The third kappa shape index (κ3) is 3.41. The number of aryl methyl sites for hydroxylation is 4. The SMILES string of the molecule is CCCCCn1c2c(c(=O)n3c(CCc4nc(CC)no4)nnc13)CC(Br)=N2. The van der Waals surface area contributed by atoms with E-state index < -0.39 is 0 Å². The molecule has 0 aliphatic carbocycles. The molecular weight excluding hydrogens is 426 g/mol. The quantitative estimate of drug-likeness (QED) is 0.491. The third-order valence-corrected chi connectivity index (χ3v) is 5.32. The molecule has 0 radical (unpaired) electrons. The van der Waals surface area contributed by atoms with Crippen molar-refractivity contribution < 1.29 is 4.52 Å². The van der Waals surface area contributed by atoms with E-state index in [9.17, 15) is 4.79 Å². The lowest BCUT2D eigenvalue weighted by molar-refractivity contribution is 0.372. The first-order valence-electron chi connectivity index (χ1n) is 9.66. The second-order valence-corrected chi connectivity index (χ2v) is 7.76. The maximum atomic E-state index is 13.1. The molecule has 1 aliphatic rings. The van der Waals surface area contributed by atoms with E-state index in [0.717, 1.165) is 36.8 Å². The molecule has 0 saturated heterocycles. The lowest BCUT2D eigenvalue weighted by Gasteiger charge is -2.12. The topological polar surface area (TPSA) is 103 Å². The highest BCUT2D eigenvalue weighted by molar-refractivity contribution is 9.18. The van der Waals surface area contributed by atoms with Crippen LogP contribution < -0.4 is 5.56 Å². The van der Waals surface area contributed by atoms with Gasteiger partial charge in [-0.05, 0) is 22.4 Å². The molecule has 0 aromatic carbocycles. The molecule has 28 heavy (non-hydrogen) atoms. The van der Waals surface area contributed by atoms with Gasteiger partial charge in [0.1, 0.15) is 11.6 Å². The summed E-state index contributed by atoms with van der Waals surface area (Å²) in [6.07, 6.45) is 5.46. The van der Waals surface area contributed by atoms with E-state index in [1.165, 1.54) is 0 Å². The van der Waals surface area contributed by atoms with Crippen LogP contribution in [0, 0.1) is 0 Å². The second kappa shape index (κ2) is 7.94. The van der Waals surface area contributed by atoms with Crippen LogP contribution in [0.2, 0.25) is 0 Å². The maximum Gasteiger partial charge on any atom is 0.266 e. The molecule has 0 unspecified atom stereocenters. The van der Waals surface area contributed by atoms with E-state index in [-0.39, 0.29) is 5.56 Å². The van der Waals surface area contributed by atoms with Gasteiger partial charge in [-0.1, -0.05) is 31.8 Å². The van der Waals surface area contributed by atoms with Crippen molar-refractivity contribution in [3.05, 3.63) is 33.5 Å². The molecule has 0 saturated carbocycles. The van der Waals surface area contributed by atoms with Gasteiger partial charge in [0.05, 0.1) is 10.2 Å². The van der Waals surface area contributed by atoms with Crippen LogP contribution in [0.15, 0.2) is 14.3 Å². The lowest BCUT2D eigenvalue weighted by atomic mass is 10.2. The molecule has 1 aliphatic heterocycles. The van der Waals surface area contributed by atoms with Crippen molar-refractivity contribution in [2.75, 3.05) is 0 Å². The molecule has 4 heterocycles. The summed E-state index contributed by atoms with van der Waals surface area (Å²) >= 11 is 3.44. The normalized spacial score (nSPS) is 13.3. The predicted octanol–water partition coefficient (Wildman–Crippen LogP) is 2.79. The summed E-state index contributed by atoms with van der Waals surface area (Å²) in [6, 6.07) is 0. The Balaban J connectivity index is 1.71. The average molecular weight is 448 g/mol. The van der Waals surface area contributed by atoms with Crippen LogP contribution in [0.1, 0.15) is 56.2 Å². The fourth-order valence-corrected chi connectivity index (χ4v) is 3.85. The van der Waals surface area contributed by atoms with Gasteiger partial charge in [-0.3, -0.25) is 9.36 Å². The highest BCUT2D eigenvalue weighted by Gasteiger charge is 2.25. The van der Waals surface area contributed by atoms with Gasteiger partial charge in [0.2, 0.25) is 11.7 Å². The first-order valence-corrected chi connectivity index (χ1v) is 10.5. The summed E-state index contributed by atoms with van der Waals surface area (Å²) in [5.74, 6) is 3.07. The summed E-state index contributed by atoms with van der Waals surface area (Å²) in [7, 11) is 0. The minimum absolute atomic E-state index is 0.102. The number of halogens is 1. The van der Waals surface area contributed by atoms with Gasteiger partial charge in [-0.25, -0.2) is 9.39 Å². The Hall–Kier alpha value is -2.36. The molecule has 0 fully saturated rings. The number of unbranched alkanes of at least 4 members (excludes halogenated alkanes) is 2. The van der Waals surface area contributed by atoms with Gasteiger partial charge in [0.25, 0.3) is 5.56 Å². The van der Waals surface area contributed by atoms with E-state index in [1.54, 1.807) is 4.40 Å². The number of aromatic nitrogens is 6. The van der Waals surface area contributed by atoms with E-state index in [1.807, 2.05) is 11.5 Å². The molecular formula is C18H22BrN7O2. The van der Waals surface area contributed by atoms with Gasteiger partial charge in [-0.2, -0.15) is 4.98 Å². The Kier molecular flexibility index (Phi) is 5.38. The molecule has 148 valence electrons. The zero-order chi connectivity index (χ0) is 19.7. The smallest absolute Gasteiger partial charge is 0.266 e. The third-order valence-electron chi connectivity index (χ3n) is 4.87. The lowest BCUT2D eigenvalue weighted by Crippen LogP contribution is -2.24. The molecule has 10 heteroatoms. The molecule has 3 aromatic heterocycles. The highest BCUT2D eigenvalue weighted by atomic mass is 79.9.